The van der Waals surface area contributed by atoms with E-state index >= 15 is 0 Å². The van der Waals surface area contributed by atoms with Crippen molar-refractivity contribution >= 4 is 21.2 Å². The molecule has 0 aromatic heterocycles. The standard InChI is InChI=1S/C12H20N2O3S/c1-8(7-15)9(2)14-10-5-4-6-11(12(10)13)18(3,16)17/h4-6,8-9,14-15H,7,13H2,1-3H3. The lowest BCUT2D eigenvalue weighted by atomic mass is 10.0. The summed E-state index contributed by atoms with van der Waals surface area (Å²) in [4.78, 5) is 0.122. The van der Waals surface area contributed by atoms with E-state index in [1.807, 2.05) is 13.8 Å². The van der Waals surface area contributed by atoms with Crippen LogP contribution in [0.2, 0.25) is 0 Å². The van der Waals surface area contributed by atoms with Crippen LogP contribution in [0, 0.1) is 5.92 Å². The highest BCUT2D eigenvalue weighted by Gasteiger charge is 2.17. The Bertz CT molecular complexity index is 514. The average molecular weight is 272 g/mol. The fraction of sp³-hybridized carbons (Fsp3) is 0.500. The number of aliphatic hydroxyl groups excluding tert-OH is 1. The molecule has 2 atom stereocenters. The van der Waals surface area contributed by atoms with Gasteiger partial charge in [0.25, 0.3) is 0 Å². The van der Waals surface area contributed by atoms with Gasteiger partial charge >= 0.3 is 0 Å². The number of benzene rings is 1. The summed E-state index contributed by atoms with van der Waals surface area (Å²) in [5.41, 5.74) is 6.65. The molecule has 18 heavy (non-hydrogen) atoms. The molecular formula is C12H20N2O3S. The Labute approximate surface area is 108 Å². The van der Waals surface area contributed by atoms with Gasteiger partial charge in [-0.15, -0.1) is 0 Å². The summed E-state index contributed by atoms with van der Waals surface area (Å²) < 4.78 is 23.1. The van der Waals surface area contributed by atoms with Crippen LogP contribution in [0.25, 0.3) is 0 Å². The van der Waals surface area contributed by atoms with Crippen molar-refractivity contribution in [3.63, 3.8) is 0 Å². The Balaban J connectivity index is 3.06. The van der Waals surface area contributed by atoms with Crippen molar-refractivity contribution in [3.05, 3.63) is 18.2 Å². The predicted molar refractivity (Wildman–Crippen MR) is 73.3 cm³/mol. The molecule has 0 radical (unpaired) electrons. The number of rotatable bonds is 5. The van der Waals surface area contributed by atoms with Gasteiger partial charge in [0.1, 0.15) is 0 Å². The number of hydrogen-bond acceptors (Lipinski definition) is 5. The van der Waals surface area contributed by atoms with Gasteiger partial charge in [-0.3, -0.25) is 0 Å². The number of nitrogens with two attached hydrogens (primary N) is 1. The van der Waals surface area contributed by atoms with Crippen LogP contribution in [0.4, 0.5) is 11.4 Å². The van der Waals surface area contributed by atoms with Gasteiger partial charge < -0.3 is 16.2 Å². The maximum Gasteiger partial charge on any atom is 0.177 e. The summed E-state index contributed by atoms with van der Waals surface area (Å²) in [6.45, 7) is 3.86. The molecule has 2 unspecified atom stereocenters. The molecule has 0 saturated carbocycles. The third kappa shape index (κ3) is 3.36. The number of aliphatic hydroxyl groups is 1. The van der Waals surface area contributed by atoms with Crippen molar-refractivity contribution in [2.24, 2.45) is 5.92 Å². The van der Waals surface area contributed by atoms with Gasteiger partial charge in [-0.1, -0.05) is 13.0 Å². The van der Waals surface area contributed by atoms with Gasteiger partial charge in [0.05, 0.1) is 16.3 Å². The van der Waals surface area contributed by atoms with Gasteiger partial charge in [-0.25, -0.2) is 8.42 Å². The zero-order valence-electron chi connectivity index (χ0n) is 10.8. The predicted octanol–water partition coefficient (Wildman–Crippen LogP) is 1.10. The second-order valence-corrected chi connectivity index (χ2v) is 6.57. The largest absolute Gasteiger partial charge is 0.396 e. The van der Waals surface area contributed by atoms with E-state index in [4.69, 9.17) is 10.8 Å². The smallest absolute Gasteiger partial charge is 0.177 e. The van der Waals surface area contributed by atoms with Gasteiger partial charge in [0.2, 0.25) is 0 Å². The molecule has 1 rings (SSSR count). The highest BCUT2D eigenvalue weighted by Crippen LogP contribution is 2.27. The highest BCUT2D eigenvalue weighted by atomic mass is 32.2. The topological polar surface area (TPSA) is 92.4 Å². The van der Waals surface area contributed by atoms with E-state index in [1.165, 1.54) is 6.07 Å². The maximum absolute atomic E-state index is 11.5. The minimum Gasteiger partial charge on any atom is -0.396 e. The van der Waals surface area contributed by atoms with E-state index in [0.717, 1.165) is 6.26 Å². The van der Waals surface area contributed by atoms with Crippen molar-refractivity contribution in [2.75, 3.05) is 23.9 Å². The van der Waals surface area contributed by atoms with Crippen LogP contribution in [-0.4, -0.2) is 32.4 Å². The molecule has 6 heteroatoms. The monoisotopic (exact) mass is 272 g/mol. The number of nitrogen functional groups attached to an aromatic ring is 1. The molecule has 0 spiro atoms. The highest BCUT2D eigenvalue weighted by molar-refractivity contribution is 7.90. The lowest BCUT2D eigenvalue weighted by molar-refractivity contribution is 0.226. The van der Waals surface area contributed by atoms with Crippen LogP contribution in [0.5, 0.6) is 0 Å². The normalized spacial score (nSPS) is 15.1. The summed E-state index contributed by atoms with van der Waals surface area (Å²) in [6.07, 6.45) is 1.13. The van der Waals surface area contributed by atoms with Crippen molar-refractivity contribution in [2.45, 2.75) is 24.8 Å². The summed E-state index contributed by atoms with van der Waals surface area (Å²) in [6, 6.07) is 4.85. The molecule has 1 aromatic carbocycles. The number of anilines is 2. The zero-order chi connectivity index (χ0) is 13.9. The number of para-hydroxylation sites is 1. The van der Waals surface area contributed by atoms with E-state index in [2.05, 4.69) is 5.32 Å². The summed E-state index contributed by atoms with van der Waals surface area (Å²) in [7, 11) is -3.33. The first-order chi connectivity index (χ1) is 8.27. The number of nitrogens with one attached hydrogen (secondary N) is 1. The van der Waals surface area contributed by atoms with Crippen LogP contribution >= 0.6 is 0 Å². The van der Waals surface area contributed by atoms with Crippen LogP contribution in [0.1, 0.15) is 13.8 Å². The Hall–Kier alpha value is -1.27. The molecule has 0 aliphatic heterocycles. The maximum atomic E-state index is 11.5. The van der Waals surface area contributed by atoms with E-state index in [0.29, 0.717) is 5.69 Å². The molecule has 5 nitrogen and oxygen atoms in total. The van der Waals surface area contributed by atoms with E-state index in [1.54, 1.807) is 12.1 Å². The van der Waals surface area contributed by atoms with Gasteiger partial charge in [-0.05, 0) is 25.0 Å². The number of hydrogen-bond donors (Lipinski definition) is 3. The lowest BCUT2D eigenvalue weighted by Gasteiger charge is -2.22. The third-order valence-electron chi connectivity index (χ3n) is 2.99. The average Bonchev–Trinajstić information content (AvgIpc) is 2.29. The fourth-order valence-electron chi connectivity index (χ4n) is 1.54. The van der Waals surface area contributed by atoms with E-state index < -0.39 is 9.84 Å². The van der Waals surface area contributed by atoms with E-state index in [9.17, 15) is 8.42 Å². The van der Waals surface area contributed by atoms with Crippen molar-refractivity contribution in [3.8, 4) is 0 Å². The molecule has 0 fully saturated rings. The van der Waals surface area contributed by atoms with Crippen LogP contribution in [0.3, 0.4) is 0 Å². The second kappa shape index (κ2) is 5.58. The first-order valence-electron chi connectivity index (χ1n) is 5.73. The summed E-state index contributed by atoms with van der Waals surface area (Å²) in [5.74, 6) is 0.0475. The van der Waals surface area contributed by atoms with E-state index in [-0.39, 0.29) is 29.1 Å². The minimum atomic E-state index is -3.33. The first-order valence-corrected chi connectivity index (χ1v) is 7.62. The first kappa shape index (κ1) is 14.8. The quantitative estimate of drug-likeness (QED) is 0.698. The molecule has 0 amide bonds. The Morgan fingerprint density at radius 1 is 1.39 bits per heavy atom. The SMILES string of the molecule is CC(CO)C(C)Nc1cccc(S(C)(=O)=O)c1N. The molecule has 1 aromatic rings. The number of sulfone groups is 1. The Morgan fingerprint density at radius 2 is 2.00 bits per heavy atom. The summed E-state index contributed by atoms with van der Waals surface area (Å²) >= 11 is 0. The van der Waals surface area contributed by atoms with Gasteiger partial charge in [0, 0.05) is 18.9 Å². The molecular weight excluding hydrogens is 252 g/mol. The van der Waals surface area contributed by atoms with Crippen molar-refractivity contribution in [1.29, 1.82) is 0 Å². The lowest BCUT2D eigenvalue weighted by Crippen LogP contribution is -2.26. The van der Waals surface area contributed by atoms with Crippen molar-refractivity contribution < 1.29 is 13.5 Å². The van der Waals surface area contributed by atoms with Gasteiger partial charge in [-0.2, -0.15) is 0 Å². The van der Waals surface area contributed by atoms with Crippen LogP contribution in [0.15, 0.2) is 23.1 Å². The molecule has 0 bridgehead atoms. The zero-order valence-corrected chi connectivity index (χ0v) is 11.7. The second-order valence-electron chi connectivity index (χ2n) is 4.58. The molecule has 0 saturated heterocycles. The Kier molecular flexibility index (Phi) is 4.59. The third-order valence-corrected chi connectivity index (χ3v) is 4.15. The van der Waals surface area contributed by atoms with Crippen molar-refractivity contribution in [1.82, 2.24) is 0 Å². The molecule has 0 aliphatic rings. The molecule has 0 aliphatic carbocycles. The molecule has 4 N–H and O–H groups in total. The van der Waals surface area contributed by atoms with Crippen LogP contribution < -0.4 is 11.1 Å². The van der Waals surface area contributed by atoms with Crippen LogP contribution in [-0.2, 0) is 9.84 Å². The molecule has 0 heterocycles. The molecule has 102 valence electrons. The summed E-state index contributed by atoms with van der Waals surface area (Å²) in [5, 5.41) is 12.2. The van der Waals surface area contributed by atoms with Gasteiger partial charge in [0.15, 0.2) is 9.84 Å². The fourth-order valence-corrected chi connectivity index (χ4v) is 2.37. The minimum absolute atomic E-state index is 0.00731. The Morgan fingerprint density at radius 3 is 2.50 bits per heavy atom.